The van der Waals surface area contributed by atoms with E-state index in [-0.39, 0.29) is 59.9 Å². The Morgan fingerprint density at radius 1 is 1.21 bits per heavy atom. The predicted octanol–water partition coefficient (Wildman–Crippen LogP) is 0.845. The van der Waals surface area contributed by atoms with E-state index in [0.29, 0.717) is 13.0 Å². The van der Waals surface area contributed by atoms with Crippen LogP contribution in [0.2, 0.25) is 0 Å². The Morgan fingerprint density at radius 2 is 2.03 bits per heavy atom. The number of aliphatic hydroxyl groups excluding tert-OH is 1. The van der Waals surface area contributed by atoms with E-state index in [0.717, 1.165) is 32.4 Å². The van der Waals surface area contributed by atoms with Gasteiger partial charge in [0.05, 0.1) is 31.0 Å². The van der Waals surface area contributed by atoms with Crippen molar-refractivity contribution in [3.8, 4) is 0 Å². The number of likely N-dealkylation sites (N-methyl/N-ethyl adjacent to an activating group) is 1. The molecule has 0 radical (unpaired) electrons. The average Bonchev–Trinajstić information content (AvgIpc) is 3.39. The number of nitrogens with zero attached hydrogens (tertiary/aromatic N) is 1. The fraction of sp³-hybridized carbons (Fsp3) is 0.960. The molecule has 7 aliphatic rings. The summed E-state index contributed by atoms with van der Waals surface area (Å²) in [6, 6.07) is -0.118. The lowest BCUT2D eigenvalue weighted by molar-refractivity contribution is -0.286. The number of ketones is 1. The second-order valence-corrected chi connectivity index (χ2v) is 11.9. The maximum Gasteiger partial charge on any atom is 0.174 e. The number of hydrogen-bond donors (Lipinski definition) is 1. The van der Waals surface area contributed by atoms with Crippen molar-refractivity contribution in [2.45, 2.75) is 68.2 Å². The number of ether oxygens (including phenoxy) is 5. The first-order valence-electron chi connectivity index (χ1n) is 12.7. The molecule has 8 heteroatoms. The zero-order chi connectivity index (χ0) is 23.0. The zero-order valence-electron chi connectivity index (χ0n) is 20.1. The van der Waals surface area contributed by atoms with Gasteiger partial charge in [-0.15, -0.1) is 0 Å². The number of rotatable bonds is 5. The van der Waals surface area contributed by atoms with Crippen molar-refractivity contribution in [2.75, 3.05) is 47.8 Å². The lowest BCUT2D eigenvalue weighted by Crippen LogP contribution is -2.81. The van der Waals surface area contributed by atoms with Crippen molar-refractivity contribution in [3.63, 3.8) is 0 Å². The SMILES string of the molecule is CCN1C[C@]2(COC)CC[C@H](OC)[C@@]34[C@@H]5C[C@H]6[C@H](OC)[C@@H]5[C@@]5(C[C@@H]6O)OCO[C@]5(C(=O)[C@H]23)[C@@H]14. The van der Waals surface area contributed by atoms with Crippen LogP contribution in [0.3, 0.4) is 0 Å². The highest BCUT2D eigenvalue weighted by Crippen LogP contribution is 2.81. The molecule has 0 aromatic carbocycles. The highest BCUT2D eigenvalue weighted by Gasteiger charge is 2.93. The summed E-state index contributed by atoms with van der Waals surface area (Å²) in [6.45, 7) is 4.49. The number of piperidine rings is 1. The van der Waals surface area contributed by atoms with Crippen molar-refractivity contribution in [1.29, 1.82) is 0 Å². The molecular weight excluding hydrogens is 426 g/mol. The summed E-state index contributed by atoms with van der Waals surface area (Å²) in [7, 11) is 5.31. The number of Topliss-reactive ketones (excluding diaryl/α,β-unsaturated/α-hetero) is 1. The molecule has 7 bridgehead atoms. The summed E-state index contributed by atoms with van der Waals surface area (Å²) in [5.74, 6) is 0.203. The highest BCUT2D eigenvalue weighted by atomic mass is 16.7. The van der Waals surface area contributed by atoms with Gasteiger partial charge in [-0.05, 0) is 31.7 Å². The molecule has 0 amide bonds. The Hall–Kier alpha value is -0.610. The first-order chi connectivity index (χ1) is 15.9. The van der Waals surface area contributed by atoms with Gasteiger partial charge >= 0.3 is 0 Å². The maximum absolute atomic E-state index is 14.9. The van der Waals surface area contributed by atoms with Crippen LogP contribution in [0.15, 0.2) is 0 Å². The van der Waals surface area contributed by atoms with Crippen molar-refractivity contribution < 1.29 is 33.6 Å². The smallest absolute Gasteiger partial charge is 0.174 e. The molecule has 1 N–H and O–H groups in total. The summed E-state index contributed by atoms with van der Waals surface area (Å²) in [6.07, 6.45) is 2.34. The first-order valence-corrected chi connectivity index (χ1v) is 12.7. The second-order valence-electron chi connectivity index (χ2n) is 11.9. The monoisotopic (exact) mass is 463 g/mol. The van der Waals surface area contributed by atoms with E-state index in [1.165, 1.54) is 0 Å². The van der Waals surface area contributed by atoms with Crippen LogP contribution < -0.4 is 0 Å². The van der Waals surface area contributed by atoms with E-state index in [4.69, 9.17) is 23.7 Å². The third-order valence-electron chi connectivity index (χ3n) is 11.5. The largest absolute Gasteiger partial charge is 0.393 e. The molecule has 0 unspecified atom stereocenters. The van der Waals surface area contributed by atoms with Crippen LogP contribution in [0.1, 0.15) is 32.6 Å². The minimum atomic E-state index is -1.10. The van der Waals surface area contributed by atoms with Crippen LogP contribution >= 0.6 is 0 Å². The molecule has 3 spiro atoms. The van der Waals surface area contributed by atoms with Gasteiger partial charge in [-0.3, -0.25) is 9.69 Å². The summed E-state index contributed by atoms with van der Waals surface area (Å²) in [4.78, 5) is 17.4. The number of methoxy groups -OCH3 is 3. The van der Waals surface area contributed by atoms with E-state index in [1.807, 2.05) is 7.11 Å². The Balaban J connectivity index is 1.57. The van der Waals surface area contributed by atoms with Gasteiger partial charge in [0.15, 0.2) is 11.4 Å². The lowest BCUT2D eigenvalue weighted by atomic mass is 9.42. The van der Waals surface area contributed by atoms with Crippen molar-refractivity contribution in [2.24, 2.45) is 34.5 Å². The van der Waals surface area contributed by atoms with Gasteiger partial charge in [0.2, 0.25) is 0 Å². The normalized spacial score (nSPS) is 60.3. The van der Waals surface area contributed by atoms with Crippen molar-refractivity contribution in [3.05, 3.63) is 0 Å². The van der Waals surface area contributed by atoms with Crippen LogP contribution in [0.25, 0.3) is 0 Å². The van der Waals surface area contributed by atoms with Crippen LogP contribution in [0, 0.1) is 34.5 Å². The Kier molecular flexibility index (Phi) is 4.32. The molecule has 184 valence electrons. The molecule has 7 fully saturated rings. The van der Waals surface area contributed by atoms with Gasteiger partial charge in [0.25, 0.3) is 0 Å². The number of aliphatic hydroxyl groups is 1. The molecule has 7 rings (SSSR count). The molecule has 0 aromatic rings. The summed E-state index contributed by atoms with van der Waals surface area (Å²) in [5.41, 5.74) is -2.61. The van der Waals surface area contributed by atoms with E-state index in [9.17, 15) is 9.90 Å². The number of likely N-dealkylation sites (tertiary alicyclic amines) is 1. The van der Waals surface area contributed by atoms with Crippen LogP contribution in [-0.2, 0) is 28.5 Å². The van der Waals surface area contributed by atoms with Gasteiger partial charge in [-0.1, -0.05) is 6.92 Å². The summed E-state index contributed by atoms with van der Waals surface area (Å²) < 4.78 is 31.4. The minimum absolute atomic E-state index is 0.0106. The van der Waals surface area contributed by atoms with Crippen LogP contribution in [0.4, 0.5) is 0 Å². The third-order valence-corrected chi connectivity index (χ3v) is 11.5. The average molecular weight is 464 g/mol. The highest BCUT2D eigenvalue weighted by molar-refractivity contribution is 5.98. The van der Waals surface area contributed by atoms with E-state index >= 15 is 0 Å². The molecule has 5 saturated carbocycles. The molecule has 12 atom stereocenters. The maximum atomic E-state index is 14.9. The molecule has 33 heavy (non-hydrogen) atoms. The van der Waals surface area contributed by atoms with Crippen LogP contribution in [-0.4, -0.2) is 99.2 Å². The standard InChI is InChI=1S/C25H37NO7/c1-5-26-10-22(11-29-2)7-6-16(30-3)24-14-8-13-15(27)9-23(17(14)18(13)31-4)25(21(24)26,33-12-32-23)20(28)19(22)24/h13-19,21,27H,5-12H2,1-4H3/t13-,14-,15+,16+,17-,18+,19-,21+,22+,23-,24+,25-/m1/s1. The number of fused-ring (bicyclic) bond motifs is 1. The number of hydrogen-bond acceptors (Lipinski definition) is 8. The molecule has 8 nitrogen and oxygen atoms in total. The van der Waals surface area contributed by atoms with Gasteiger partial charge in [-0.25, -0.2) is 0 Å². The minimum Gasteiger partial charge on any atom is -0.393 e. The fourth-order valence-electron chi connectivity index (χ4n) is 11.1. The lowest BCUT2D eigenvalue weighted by Gasteiger charge is -2.69. The van der Waals surface area contributed by atoms with Gasteiger partial charge in [0.1, 0.15) is 12.4 Å². The Labute approximate surface area is 195 Å². The molecule has 2 saturated heterocycles. The summed E-state index contributed by atoms with van der Waals surface area (Å²) >= 11 is 0. The number of carbonyl (C=O) groups is 1. The van der Waals surface area contributed by atoms with E-state index < -0.39 is 22.7 Å². The van der Waals surface area contributed by atoms with Crippen LogP contribution in [0.5, 0.6) is 0 Å². The van der Waals surface area contributed by atoms with E-state index in [1.54, 1.807) is 14.2 Å². The predicted molar refractivity (Wildman–Crippen MR) is 115 cm³/mol. The number of carbonyl (C=O) groups excluding carboxylic acids is 1. The molecule has 2 aliphatic heterocycles. The summed E-state index contributed by atoms with van der Waals surface area (Å²) in [5, 5.41) is 11.3. The first kappa shape index (κ1) is 21.7. The van der Waals surface area contributed by atoms with Crippen molar-refractivity contribution >= 4 is 5.78 Å². The van der Waals surface area contributed by atoms with Gasteiger partial charge in [-0.2, -0.15) is 0 Å². The molecule has 0 aromatic heterocycles. The van der Waals surface area contributed by atoms with Crippen molar-refractivity contribution in [1.82, 2.24) is 4.90 Å². The van der Waals surface area contributed by atoms with Gasteiger partial charge in [0, 0.05) is 62.9 Å². The van der Waals surface area contributed by atoms with Gasteiger partial charge < -0.3 is 28.8 Å². The Bertz CT molecular complexity index is 885. The quantitative estimate of drug-likeness (QED) is 0.642. The second kappa shape index (κ2) is 6.58. The zero-order valence-corrected chi connectivity index (χ0v) is 20.1. The van der Waals surface area contributed by atoms with E-state index in [2.05, 4.69) is 11.8 Å². The molecule has 5 aliphatic carbocycles. The topological polar surface area (TPSA) is 86.7 Å². The fourth-order valence-corrected chi connectivity index (χ4v) is 11.1. The molecule has 2 heterocycles. The molecular formula is C25H37NO7. The Morgan fingerprint density at radius 3 is 2.73 bits per heavy atom. The third kappa shape index (κ3) is 1.93.